The zero-order valence-corrected chi connectivity index (χ0v) is 13.3. The first kappa shape index (κ1) is 14.8. The van der Waals surface area contributed by atoms with Crippen LogP contribution in [0.2, 0.25) is 0 Å². The smallest absolute Gasteiger partial charge is 0.272 e. The predicted molar refractivity (Wildman–Crippen MR) is 91.5 cm³/mol. The summed E-state index contributed by atoms with van der Waals surface area (Å²) in [6, 6.07) is 12.0. The van der Waals surface area contributed by atoms with Crippen LogP contribution in [0, 0.1) is 5.92 Å². The van der Waals surface area contributed by atoms with Crippen molar-refractivity contribution in [2.24, 2.45) is 5.92 Å². The maximum Gasteiger partial charge on any atom is 0.272 e. The highest BCUT2D eigenvalue weighted by atomic mass is 16.2. The number of aromatic nitrogens is 3. The molecule has 1 atom stereocenters. The summed E-state index contributed by atoms with van der Waals surface area (Å²) in [4.78, 5) is 26.7. The van der Waals surface area contributed by atoms with Crippen LogP contribution in [-0.2, 0) is 6.42 Å². The van der Waals surface area contributed by atoms with Gasteiger partial charge in [0.15, 0.2) is 0 Å². The van der Waals surface area contributed by atoms with E-state index in [2.05, 4.69) is 27.1 Å². The van der Waals surface area contributed by atoms with Crippen LogP contribution in [0.15, 0.2) is 55.1 Å². The number of fused-ring (bicyclic) bond motifs is 1. The molecule has 1 aromatic carbocycles. The number of para-hydroxylation sites is 1. The molecule has 0 unspecified atom stereocenters. The summed E-state index contributed by atoms with van der Waals surface area (Å²) >= 11 is 0. The van der Waals surface area contributed by atoms with Crippen molar-refractivity contribution in [1.29, 1.82) is 0 Å². The van der Waals surface area contributed by atoms with Gasteiger partial charge in [0, 0.05) is 30.9 Å². The molecule has 0 bridgehead atoms. The molecule has 1 fully saturated rings. The zero-order chi connectivity index (χ0) is 16.4. The minimum absolute atomic E-state index is 0.000476. The van der Waals surface area contributed by atoms with Gasteiger partial charge in [0.2, 0.25) is 0 Å². The molecule has 0 spiro atoms. The van der Waals surface area contributed by atoms with E-state index in [0.717, 1.165) is 31.4 Å². The molecule has 3 aromatic rings. The van der Waals surface area contributed by atoms with Crippen LogP contribution in [-0.4, -0.2) is 38.8 Å². The van der Waals surface area contributed by atoms with Crippen LogP contribution in [0.4, 0.5) is 0 Å². The number of carbonyl (C=O) groups excluding carboxylic acids is 1. The van der Waals surface area contributed by atoms with Crippen molar-refractivity contribution in [3.8, 4) is 0 Å². The van der Waals surface area contributed by atoms with E-state index < -0.39 is 0 Å². The van der Waals surface area contributed by atoms with Gasteiger partial charge in [-0.25, -0.2) is 9.97 Å². The van der Waals surface area contributed by atoms with E-state index in [4.69, 9.17) is 0 Å². The zero-order valence-electron chi connectivity index (χ0n) is 13.3. The van der Waals surface area contributed by atoms with Gasteiger partial charge < -0.3 is 4.90 Å². The lowest BCUT2D eigenvalue weighted by Gasteiger charge is -2.16. The Labute approximate surface area is 140 Å². The molecule has 0 aliphatic carbocycles. The second-order valence-corrected chi connectivity index (χ2v) is 6.19. The lowest BCUT2D eigenvalue weighted by molar-refractivity contribution is 0.0781. The van der Waals surface area contributed by atoms with Crippen molar-refractivity contribution in [3.05, 3.63) is 66.4 Å². The van der Waals surface area contributed by atoms with Gasteiger partial charge in [-0.1, -0.05) is 18.2 Å². The number of carbonyl (C=O) groups is 1. The Morgan fingerprint density at radius 1 is 1.12 bits per heavy atom. The quantitative estimate of drug-likeness (QED) is 0.745. The molecule has 0 N–H and O–H groups in total. The van der Waals surface area contributed by atoms with Gasteiger partial charge in [0.1, 0.15) is 12.0 Å². The summed E-state index contributed by atoms with van der Waals surface area (Å²) in [5, 5.41) is 1.21. The molecule has 1 saturated heterocycles. The largest absolute Gasteiger partial charge is 0.337 e. The Bertz CT molecular complexity index is 860. The van der Waals surface area contributed by atoms with Crippen LogP contribution in [0.25, 0.3) is 10.9 Å². The van der Waals surface area contributed by atoms with Crippen molar-refractivity contribution in [2.45, 2.75) is 12.8 Å². The van der Waals surface area contributed by atoms with Gasteiger partial charge >= 0.3 is 0 Å². The molecule has 1 aliphatic heterocycles. The van der Waals surface area contributed by atoms with Crippen LogP contribution in [0.5, 0.6) is 0 Å². The molecule has 0 radical (unpaired) electrons. The second-order valence-electron chi connectivity index (χ2n) is 6.19. The molecule has 24 heavy (non-hydrogen) atoms. The van der Waals surface area contributed by atoms with E-state index in [0.29, 0.717) is 11.6 Å². The first-order valence-electron chi connectivity index (χ1n) is 8.19. The summed E-state index contributed by atoms with van der Waals surface area (Å²) in [7, 11) is 0. The lowest BCUT2D eigenvalue weighted by atomic mass is 9.96. The molecule has 0 saturated carbocycles. The molecule has 1 amide bonds. The molecule has 3 heterocycles. The fourth-order valence-corrected chi connectivity index (χ4v) is 3.41. The van der Waals surface area contributed by atoms with Crippen molar-refractivity contribution >= 4 is 16.8 Å². The Kier molecular flexibility index (Phi) is 3.91. The topological polar surface area (TPSA) is 59.0 Å². The van der Waals surface area contributed by atoms with E-state index in [1.54, 1.807) is 12.3 Å². The standard InChI is InChI=1S/C19H18N4O/c24-19(18-6-8-20-13-22-18)23-10-7-14(12-23)11-15-5-9-21-17-4-2-1-3-16(15)17/h1-6,8-9,13-14H,7,10-12H2/t14-/m0/s1. The Morgan fingerprint density at radius 2 is 2.04 bits per heavy atom. The normalized spacial score (nSPS) is 17.3. The summed E-state index contributed by atoms with van der Waals surface area (Å²) in [6.07, 6.45) is 6.89. The van der Waals surface area contributed by atoms with Gasteiger partial charge in [-0.2, -0.15) is 0 Å². The van der Waals surface area contributed by atoms with Gasteiger partial charge in [-0.05, 0) is 42.5 Å². The van der Waals surface area contributed by atoms with Gasteiger partial charge in [-0.3, -0.25) is 9.78 Å². The average molecular weight is 318 g/mol. The molecule has 120 valence electrons. The first-order chi connectivity index (χ1) is 11.8. The van der Waals surface area contributed by atoms with Gasteiger partial charge in [0.25, 0.3) is 5.91 Å². The number of hydrogen-bond donors (Lipinski definition) is 0. The average Bonchev–Trinajstić information content (AvgIpc) is 3.11. The van der Waals surface area contributed by atoms with E-state index in [-0.39, 0.29) is 5.91 Å². The fourth-order valence-electron chi connectivity index (χ4n) is 3.41. The van der Waals surface area contributed by atoms with Crippen molar-refractivity contribution in [3.63, 3.8) is 0 Å². The highest BCUT2D eigenvalue weighted by Crippen LogP contribution is 2.25. The molecule has 5 heteroatoms. The summed E-state index contributed by atoms with van der Waals surface area (Å²) in [5.41, 5.74) is 2.81. The molecular weight excluding hydrogens is 300 g/mol. The molecule has 4 rings (SSSR count). The number of hydrogen-bond acceptors (Lipinski definition) is 4. The van der Waals surface area contributed by atoms with Crippen LogP contribution >= 0.6 is 0 Å². The number of likely N-dealkylation sites (tertiary alicyclic amines) is 1. The van der Waals surface area contributed by atoms with Crippen LogP contribution in [0.1, 0.15) is 22.5 Å². The fraction of sp³-hybridized carbons (Fsp3) is 0.263. The summed E-state index contributed by atoms with van der Waals surface area (Å²) in [6.45, 7) is 1.57. The molecule has 5 nitrogen and oxygen atoms in total. The summed E-state index contributed by atoms with van der Waals surface area (Å²) in [5.74, 6) is 0.473. The number of rotatable bonds is 3. The predicted octanol–water partition coefficient (Wildman–Crippen LogP) is 2.73. The van der Waals surface area contributed by atoms with Gasteiger partial charge in [0.05, 0.1) is 5.52 Å². The minimum atomic E-state index is -0.000476. The lowest BCUT2D eigenvalue weighted by Crippen LogP contribution is -2.29. The number of benzene rings is 1. The molecule has 1 aliphatic rings. The third kappa shape index (κ3) is 2.85. The Hall–Kier alpha value is -2.82. The van der Waals surface area contributed by atoms with E-state index in [1.165, 1.54) is 17.3 Å². The number of pyridine rings is 1. The Balaban J connectivity index is 1.48. The third-order valence-electron chi connectivity index (χ3n) is 4.62. The SMILES string of the molecule is O=C(c1ccncn1)N1CC[C@@H](Cc2ccnc3ccccc23)C1. The maximum absolute atomic E-state index is 12.5. The van der Waals surface area contributed by atoms with Gasteiger partial charge in [-0.15, -0.1) is 0 Å². The highest BCUT2D eigenvalue weighted by Gasteiger charge is 2.27. The maximum atomic E-state index is 12.5. The van der Waals surface area contributed by atoms with E-state index in [1.807, 2.05) is 29.3 Å². The van der Waals surface area contributed by atoms with E-state index >= 15 is 0 Å². The van der Waals surface area contributed by atoms with Crippen molar-refractivity contribution < 1.29 is 4.79 Å². The molecular formula is C19H18N4O. The Morgan fingerprint density at radius 3 is 2.92 bits per heavy atom. The highest BCUT2D eigenvalue weighted by molar-refractivity contribution is 5.92. The monoisotopic (exact) mass is 318 g/mol. The van der Waals surface area contributed by atoms with Crippen LogP contribution in [0.3, 0.4) is 0 Å². The number of nitrogens with zero attached hydrogens (tertiary/aromatic N) is 4. The van der Waals surface area contributed by atoms with Crippen LogP contribution < -0.4 is 0 Å². The van der Waals surface area contributed by atoms with Crippen molar-refractivity contribution in [1.82, 2.24) is 19.9 Å². The van der Waals surface area contributed by atoms with Crippen molar-refractivity contribution in [2.75, 3.05) is 13.1 Å². The third-order valence-corrected chi connectivity index (χ3v) is 4.62. The van der Waals surface area contributed by atoms with E-state index in [9.17, 15) is 4.79 Å². The first-order valence-corrected chi connectivity index (χ1v) is 8.19. The minimum Gasteiger partial charge on any atom is -0.337 e. The summed E-state index contributed by atoms with van der Waals surface area (Å²) < 4.78 is 0. The number of amides is 1. The second kappa shape index (κ2) is 6.35. The molecule has 2 aromatic heterocycles.